The van der Waals surface area contributed by atoms with Crippen LogP contribution in [0.25, 0.3) is 0 Å². The Labute approximate surface area is 128 Å². The summed E-state index contributed by atoms with van der Waals surface area (Å²) in [5.41, 5.74) is 0.477. The van der Waals surface area contributed by atoms with E-state index >= 15 is 0 Å². The van der Waals surface area contributed by atoms with Crippen molar-refractivity contribution in [3.05, 3.63) is 27.7 Å². The molecule has 2 rings (SSSR count). The van der Waals surface area contributed by atoms with Crippen molar-refractivity contribution >= 4 is 45.2 Å². The predicted octanol–water partition coefficient (Wildman–Crippen LogP) is 2.15. The van der Waals surface area contributed by atoms with Crippen molar-refractivity contribution in [3.63, 3.8) is 0 Å². The number of nitrogens with zero attached hydrogens (tertiary/aromatic N) is 1. The molecule has 6 nitrogen and oxygen atoms in total. The Balaban J connectivity index is 2.13. The zero-order valence-corrected chi connectivity index (χ0v) is 12.6. The molecule has 0 aromatic heterocycles. The number of aliphatic hydroxyl groups excluding tert-OH is 1. The molecule has 0 saturated carbocycles. The molecule has 0 aliphatic carbocycles. The molecule has 8 heteroatoms. The number of carbonyl (C=O) groups excluding carboxylic acids is 1. The fourth-order valence-electron chi connectivity index (χ4n) is 2.05. The largest absolute Gasteiger partial charge is 0.480 e. The Hall–Kier alpha value is -1.31. The molecule has 1 fully saturated rings. The number of β-amino-alcohol motifs (C(OH)–C–C–N with tert-alkyl or cyclic N) is 1. The second-order valence-electron chi connectivity index (χ2n) is 4.45. The molecule has 2 atom stereocenters. The van der Waals surface area contributed by atoms with E-state index in [1.54, 1.807) is 18.2 Å². The molecular weight excluding hydrogens is 351 g/mol. The van der Waals surface area contributed by atoms with Gasteiger partial charge in [0.2, 0.25) is 0 Å². The smallest absolute Gasteiger partial charge is 0.326 e. The maximum atomic E-state index is 12.1. The van der Waals surface area contributed by atoms with E-state index < -0.39 is 24.1 Å². The number of carboxylic acids is 1. The van der Waals surface area contributed by atoms with Crippen LogP contribution in [0.1, 0.15) is 6.42 Å². The number of halogens is 2. The fraction of sp³-hybridized carbons (Fsp3) is 0.333. The molecule has 3 N–H and O–H groups in total. The Kier molecular flexibility index (Phi) is 4.52. The van der Waals surface area contributed by atoms with Gasteiger partial charge in [-0.1, -0.05) is 11.6 Å². The Morgan fingerprint density at radius 3 is 2.75 bits per heavy atom. The zero-order chi connectivity index (χ0) is 14.9. The number of likely N-dealkylation sites (tertiary alicyclic amines) is 1. The highest BCUT2D eigenvalue weighted by Gasteiger charge is 2.39. The first-order chi connectivity index (χ1) is 9.38. The normalized spacial score (nSPS) is 21.9. The van der Waals surface area contributed by atoms with E-state index in [-0.39, 0.29) is 13.0 Å². The first-order valence-electron chi connectivity index (χ1n) is 5.82. The van der Waals surface area contributed by atoms with Crippen molar-refractivity contribution in [1.82, 2.24) is 4.90 Å². The molecule has 0 bridgehead atoms. The standard InChI is InChI=1S/C12H12BrClN2O4/c13-8-3-6(14)1-2-9(8)15-12(20)16-5-7(17)4-10(16)11(18)19/h1-3,7,10,17H,4-5H2,(H,15,20)(H,18,19)/t7-,10+/m1/s1. The zero-order valence-electron chi connectivity index (χ0n) is 10.2. The van der Waals surface area contributed by atoms with Gasteiger partial charge in [-0.05, 0) is 34.1 Å². The average Bonchev–Trinajstić information content (AvgIpc) is 2.75. The minimum absolute atomic E-state index is 0.00594. The molecule has 108 valence electrons. The van der Waals surface area contributed by atoms with Crippen LogP contribution in [-0.2, 0) is 4.79 Å². The summed E-state index contributed by atoms with van der Waals surface area (Å²) in [5, 5.41) is 21.7. The summed E-state index contributed by atoms with van der Waals surface area (Å²) in [4.78, 5) is 24.3. The molecule has 0 radical (unpaired) electrons. The molecule has 2 amide bonds. The topological polar surface area (TPSA) is 89.9 Å². The molecule has 1 saturated heterocycles. The van der Waals surface area contributed by atoms with Crippen LogP contribution < -0.4 is 5.32 Å². The van der Waals surface area contributed by atoms with Crippen LogP contribution in [0.5, 0.6) is 0 Å². The van der Waals surface area contributed by atoms with E-state index in [0.717, 1.165) is 4.90 Å². The number of hydrogen-bond donors (Lipinski definition) is 3. The number of benzene rings is 1. The lowest BCUT2D eigenvalue weighted by Crippen LogP contribution is -2.43. The summed E-state index contributed by atoms with van der Waals surface area (Å²) in [6.07, 6.45) is -0.791. The van der Waals surface area contributed by atoms with Gasteiger partial charge in [-0.25, -0.2) is 9.59 Å². The number of rotatable bonds is 2. The SMILES string of the molecule is O=C(O)[C@@H]1C[C@@H](O)CN1C(=O)Nc1ccc(Cl)cc1Br. The minimum atomic E-state index is -1.13. The van der Waals surface area contributed by atoms with E-state index in [0.29, 0.717) is 15.2 Å². The third-order valence-electron chi connectivity index (χ3n) is 3.00. The predicted molar refractivity (Wildman–Crippen MR) is 76.9 cm³/mol. The second-order valence-corrected chi connectivity index (χ2v) is 5.74. The van der Waals surface area contributed by atoms with Crippen LogP contribution in [0.2, 0.25) is 5.02 Å². The van der Waals surface area contributed by atoms with Crippen LogP contribution >= 0.6 is 27.5 Å². The fourth-order valence-corrected chi connectivity index (χ4v) is 2.83. The molecular formula is C12H12BrClN2O4. The average molecular weight is 364 g/mol. The molecule has 0 unspecified atom stereocenters. The number of carboxylic acid groups (broad SMARTS) is 1. The summed E-state index contributed by atoms with van der Waals surface area (Å²) in [7, 11) is 0. The van der Waals surface area contributed by atoms with Crippen molar-refractivity contribution in [2.24, 2.45) is 0 Å². The van der Waals surface area contributed by atoms with Crippen LogP contribution in [-0.4, -0.2) is 45.8 Å². The van der Waals surface area contributed by atoms with E-state index in [1.807, 2.05) is 0 Å². The van der Waals surface area contributed by atoms with Gasteiger partial charge in [0.05, 0.1) is 11.8 Å². The number of urea groups is 1. The van der Waals surface area contributed by atoms with Crippen molar-refractivity contribution in [2.45, 2.75) is 18.6 Å². The van der Waals surface area contributed by atoms with Gasteiger partial charge < -0.3 is 20.4 Å². The number of aliphatic carboxylic acids is 1. The third kappa shape index (κ3) is 3.23. The van der Waals surface area contributed by atoms with Crippen molar-refractivity contribution in [2.75, 3.05) is 11.9 Å². The Morgan fingerprint density at radius 2 is 2.15 bits per heavy atom. The third-order valence-corrected chi connectivity index (χ3v) is 3.89. The Bertz CT molecular complexity index is 554. The molecule has 1 aliphatic rings. The van der Waals surface area contributed by atoms with Gasteiger partial charge in [0, 0.05) is 22.5 Å². The van der Waals surface area contributed by atoms with Crippen LogP contribution in [0.4, 0.5) is 10.5 Å². The maximum absolute atomic E-state index is 12.1. The van der Waals surface area contributed by atoms with E-state index in [9.17, 15) is 14.7 Å². The summed E-state index contributed by atoms with van der Waals surface area (Å²) in [5.74, 6) is -1.13. The lowest BCUT2D eigenvalue weighted by Gasteiger charge is -2.22. The number of hydrogen-bond acceptors (Lipinski definition) is 3. The van der Waals surface area contributed by atoms with Crippen molar-refractivity contribution < 1.29 is 19.8 Å². The lowest BCUT2D eigenvalue weighted by molar-refractivity contribution is -0.141. The van der Waals surface area contributed by atoms with Crippen molar-refractivity contribution in [3.8, 4) is 0 Å². The van der Waals surface area contributed by atoms with Gasteiger partial charge >= 0.3 is 12.0 Å². The van der Waals surface area contributed by atoms with Crippen LogP contribution in [0, 0.1) is 0 Å². The highest BCUT2D eigenvalue weighted by molar-refractivity contribution is 9.10. The van der Waals surface area contributed by atoms with E-state index in [1.165, 1.54) is 0 Å². The molecule has 1 aliphatic heterocycles. The van der Waals surface area contributed by atoms with Gasteiger partial charge in [-0.15, -0.1) is 0 Å². The first kappa shape index (κ1) is 15.1. The highest BCUT2D eigenvalue weighted by Crippen LogP contribution is 2.27. The summed E-state index contributed by atoms with van der Waals surface area (Å²) in [6, 6.07) is 3.24. The van der Waals surface area contributed by atoms with Crippen LogP contribution in [0.15, 0.2) is 22.7 Å². The maximum Gasteiger partial charge on any atom is 0.326 e. The van der Waals surface area contributed by atoms with Crippen molar-refractivity contribution in [1.29, 1.82) is 0 Å². The molecule has 1 heterocycles. The second kappa shape index (κ2) is 5.99. The number of amides is 2. The van der Waals surface area contributed by atoms with Gasteiger partial charge in [-0.3, -0.25) is 0 Å². The molecule has 1 aromatic carbocycles. The van der Waals surface area contributed by atoms with Gasteiger partial charge in [-0.2, -0.15) is 0 Å². The number of anilines is 1. The molecule has 20 heavy (non-hydrogen) atoms. The number of nitrogens with one attached hydrogen (secondary N) is 1. The highest BCUT2D eigenvalue weighted by atomic mass is 79.9. The van der Waals surface area contributed by atoms with Gasteiger partial charge in [0.25, 0.3) is 0 Å². The summed E-state index contributed by atoms with van der Waals surface area (Å²) in [6.45, 7) is -0.00594. The first-order valence-corrected chi connectivity index (χ1v) is 6.99. The van der Waals surface area contributed by atoms with Gasteiger partial charge in [0.15, 0.2) is 0 Å². The monoisotopic (exact) mass is 362 g/mol. The van der Waals surface area contributed by atoms with Crippen LogP contribution in [0.3, 0.4) is 0 Å². The van der Waals surface area contributed by atoms with E-state index in [4.69, 9.17) is 16.7 Å². The van der Waals surface area contributed by atoms with E-state index in [2.05, 4.69) is 21.2 Å². The summed E-state index contributed by atoms with van der Waals surface area (Å²) < 4.78 is 0.588. The molecule has 0 spiro atoms. The Morgan fingerprint density at radius 1 is 1.45 bits per heavy atom. The molecule has 1 aromatic rings. The minimum Gasteiger partial charge on any atom is -0.480 e. The quantitative estimate of drug-likeness (QED) is 0.751. The number of aliphatic hydroxyl groups is 1. The number of carbonyl (C=O) groups is 2. The lowest BCUT2D eigenvalue weighted by atomic mass is 10.2. The summed E-state index contributed by atoms with van der Waals surface area (Å²) >= 11 is 9.06. The van der Waals surface area contributed by atoms with Gasteiger partial charge in [0.1, 0.15) is 6.04 Å².